The molecule has 1 atom stereocenters. The van der Waals surface area contributed by atoms with Gasteiger partial charge in [-0.15, -0.1) is 0 Å². The van der Waals surface area contributed by atoms with E-state index in [2.05, 4.69) is 25.8 Å². The molecule has 1 unspecified atom stereocenters. The number of nitrogens with zero attached hydrogens (tertiary/aromatic N) is 1. The van der Waals surface area contributed by atoms with E-state index in [1.807, 2.05) is 24.4 Å². The number of halogens is 1. The van der Waals surface area contributed by atoms with E-state index in [-0.39, 0.29) is 5.91 Å². The van der Waals surface area contributed by atoms with Gasteiger partial charge in [0.15, 0.2) is 0 Å². The second kappa shape index (κ2) is 4.62. The molecule has 1 saturated carbocycles. The number of amides is 1. The molecule has 1 amide bonds. The molecule has 104 valence electrons. The van der Waals surface area contributed by atoms with Crippen LogP contribution in [0.2, 0.25) is 0 Å². The van der Waals surface area contributed by atoms with Crippen molar-refractivity contribution in [2.24, 2.45) is 5.92 Å². The molecule has 0 radical (unpaired) electrons. The Hall–Kier alpha value is -1.29. The maximum Gasteiger partial charge on any atom is 0.256 e. The Bertz CT molecular complexity index is 674. The van der Waals surface area contributed by atoms with Crippen LogP contribution in [-0.4, -0.2) is 28.4 Å². The molecule has 1 aromatic heterocycles. The Morgan fingerprint density at radius 3 is 2.95 bits per heavy atom. The van der Waals surface area contributed by atoms with Crippen LogP contribution in [0.1, 0.15) is 36.0 Å². The zero-order valence-electron chi connectivity index (χ0n) is 11.2. The number of aromatic nitrogens is 1. The van der Waals surface area contributed by atoms with Crippen LogP contribution in [0.3, 0.4) is 0 Å². The molecule has 2 heterocycles. The van der Waals surface area contributed by atoms with E-state index >= 15 is 0 Å². The Morgan fingerprint density at radius 1 is 1.30 bits per heavy atom. The monoisotopic (exact) mass is 332 g/mol. The minimum absolute atomic E-state index is 0.192. The summed E-state index contributed by atoms with van der Waals surface area (Å²) in [5.41, 5.74) is 1.82. The molecule has 3 nitrogen and oxygen atoms in total. The third-order valence-corrected chi connectivity index (χ3v) is 5.27. The van der Waals surface area contributed by atoms with Gasteiger partial charge in [0, 0.05) is 34.2 Å². The van der Waals surface area contributed by atoms with Crippen LogP contribution in [-0.2, 0) is 0 Å². The number of likely N-dealkylation sites (tertiary alicyclic amines) is 1. The van der Waals surface area contributed by atoms with E-state index < -0.39 is 0 Å². The average Bonchev–Trinajstić information content (AvgIpc) is 3.02. The van der Waals surface area contributed by atoms with Gasteiger partial charge in [-0.2, -0.15) is 0 Å². The molecule has 20 heavy (non-hydrogen) atoms. The number of rotatable bonds is 2. The summed E-state index contributed by atoms with van der Waals surface area (Å²) in [6.45, 7) is 0.914. The predicted octanol–water partition coefficient (Wildman–Crippen LogP) is 3.95. The van der Waals surface area contributed by atoms with Crippen LogP contribution in [0.4, 0.5) is 0 Å². The summed E-state index contributed by atoms with van der Waals surface area (Å²) < 4.78 is 0.988. The van der Waals surface area contributed by atoms with Gasteiger partial charge in [0.05, 0.1) is 5.56 Å². The van der Waals surface area contributed by atoms with Crippen LogP contribution >= 0.6 is 15.9 Å². The van der Waals surface area contributed by atoms with E-state index in [0.29, 0.717) is 6.04 Å². The lowest BCUT2D eigenvalue weighted by molar-refractivity contribution is 0.0723. The van der Waals surface area contributed by atoms with Crippen LogP contribution in [0.25, 0.3) is 10.9 Å². The smallest absolute Gasteiger partial charge is 0.256 e. The second-order valence-electron chi connectivity index (χ2n) is 5.91. The number of benzene rings is 1. The van der Waals surface area contributed by atoms with Crippen LogP contribution in [0.15, 0.2) is 28.9 Å². The summed E-state index contributed by atoms with van der Waals surface area (Å²) in [6, 6.07) is 6.48. The van der Waals surface area contributed by atoms with E-state index in [0.717, 1.165) is 39.8 Å². The van der Waals surface area contributed by atoms with Gasteiger partial charge in [0.1, 0.15) is 0 Å². The fourth-order valence-electron chi connectivity index (χ4n) is 3.48. The Kier molecular flexibility index (Phi) is 2.88. The molecule has 2 aliphatic rings. The summed E-state index contributed by atoms with van der Waals surface area (Å²) >= 11 is 3.57. The topological polar surface area (TPSA) is 36.1 Å². The SMILES string of the molecule is O=C(c1c[nH]c2cccc(Br)c12)N1CCCC1C1CC1. The standard InChI is InChI=1S/C16H17BrN2O/c17-12-3-1-4-13-15(12)11(9-18-13)16(20)19-8-2-5-14(19)10-6-7-10/h1,3-4,9-10,14,18H,2,5-8H2. The summed E-state index contributed by atoms with van der Waals surface area (Å²) in [7, 11) is 0. The summed E-state index contributed by atoms with van der Waals surface area (Å²) in [5.74, 6) is 0.952. The van der Waals surface area contributed by atoms with Crippen molar-refractivity contribution < 1.29 is 4.79 Å². The van der Waals surface area contributed by atoms with Gasteiger partial charge < -0.3 is 9.88 Å². The highest BCUT2D eigenvalue weighted by molar-refractivity contribution is 9.10. The van der Waals surface area contributed by atoms with Crippen molar-refractivity contribution in [3.05, 3.63) is 34.4 Å². The third-order valence-electron chi connectivity index (χ3n) is 4.61. The fourth-order valence-corrected chi connectivity index (χ4v) is 4.06. The first kappa shape index (κ1) is 12.5. The Balaban J connectivity index is 1.73. The van der Waals surface area contributed by atoms with E-state index in [1.54, 1.807) is 0 Å². The van der Waals surface area contributed by atoms with Crippen molar-refractivity contribution >= 4 is 32.7 Å². The fraction of sp³-hybridized carbons (Fsp3) is 0.438. The van der Waals surface area contributed by atoms with Gasteiger partial charge in [0.25, 0.3) is 5.91 Å². The van der Waals surface area contributed by atoms with Crippen LogP contribution in [0.5, 0.6) is 0 Å². The molecule has 1 aliphatic heterocycles. The van der Waals surface area contributed by atoms with Crippen molar-refractivity contribution in [2.75, 3.05) is 6.54 Å². The third kappa shape index (κ3) is 1.89. The first-order valence-corrected chi connectivity index (χ1v) is 8.11. The van der Waals surface area contributed by atoms with Gasteiger partial charge in [-0.05, 0) is 43.7 Å². The van der Waals surface area contributed by atoms with Crippen molar-refractivity contribution in [3.63, 3.8) is 0 Å². The number of fused-ring (bicyclic) bond motifs is 1. The zero-order chi connectivity index (χ0) is 13.7. The highest BCUT2D eigenvalue weighted by Gasteiger charge is 2.40. The number of aromatic amines is 1. The molecule has 0 spiro atoms. The molecule has 2 aromatic rings. The molecule has 1 aromatic carbocycles. The molecule has 1 N–H and O–H groups in total. The lowest BCUT2D eigenvalue weighted by atomic mass is 10.1. The molecule has 4 heteroatoms. The molecule has 0 bridgehead atoms. The first-order valence-electron chi connectivity index (χ1n) is 7.32. The maximum absolute atomic E-state index is 12.9. The van der Waals surface area contributed by atoms with Crippen LogP contribution in [0, 0.1) is 5.92 Å². The second-order valence-corrected chi connectivity index (χ2v) is 6.76. The number of hydrogen-bond acceptors (Lipinski definition) is 1. The number of carbonyl (C=O) groups is 1. The molecule has 4 rings (SSSR count). The molecular formula is C16H17BrN2O. The van der Waals surface area contributed by atoms with E-state index in [1.165, 1.54) is 19.3 Å². The Labute approximate surface area is 126 Å². The predicted molar refractivity (Wildman–Crippen MR) is 82.8 cm³/mol. The molecule has 2 fully saturated rings. The highest BCUT2D eigenvalue weighted by atomic mass is 79.9. The summed E-state index contributed by atoms with van der Waals surface area (Å²) in [5, 5.41) is 1.01. The van der Waals surface area contributed by atoms with Crippen LogP contribution < -0.4 is 0 Å². The van der Waals surface area contributed by atoms with Crippen molar-refractivity contribution in [1.82, 2.24) is 9.88 Å². The van der Waals surface area contributed by atoms with Crippen molar-refractivity contribution in [3.8, 4) is 0 Å². The van der Waals surface area contributed by atoms with Gasteiger partial charge in [0.2, 0.25) is 0 Å². The molecule has 1 saturated heterocycles. The quantitative estimate of drug-likeness (QED) is 0.888. The number of hydrogen-bond donors (Lipinski definition) is 1. The summed E-state index contributed by atoms with van der Waals surface area (Å²) in [4.78, 5) is 18.2. The van der Waals surface area contributed by atoms with Crippen molar-refractivity contribution in [1.29, 1.82) is 0 Å². The molecule has 1 aliphatic carbocycles. The van der Waals surface area contributed by atoms with Gasteiger partial charge >= 0.3 is 0 Å². The average molecular weight is 333 g/mol. The Morgan fingerprint density at radius 2 is 2.15 bits per heavy atom. The van der Waals surface area contributed by atoms with E-state index in [4.69, 9.17) is 0 Å². The summed E-state index contributed by atoms with van der Waals surface area (Å²) in [6.07, 6.45) is 6.79. The normalized spacial score (nSPS) is 22.6. The van der Waals surface area contributed by atoms with Gasteiger partial charge in [-0.25, -0.2) is 0 Å². The van der Waals surface area contributed by atoms with Gasteiger partial charge in [-0.3, -0.25) is 4.79 Å². The minimum Gasteiger partial charge on any atom is -0.360 e. The number of nitrogens with one attached hydrogen (secondary N) is 1. The number of carbonyl (C=O) groups excluding carboxylic acids is 1. The zero-order valence-corrected chi connectivity index (χ0v) is 12.8. The minimum atomic E-state index is 0.192. The highest BCUT2D eigenvalue weighted by Crippen LogP contribution is 2.41. The first-order chi connectivity index (χ1) is 9.75. The van der Waals surface area contributed by atoms with Crippen molar-refractivity contribution in [2.45, 2.75) is 31.7 Å². The number of H-pyrrole nitrogens is 1. The molecular weight excluding hydrogens is 316 g/mol. The van der Waals surface area contributed by atoms with Gasteiger partial charge in [-0.1, -0.05) is 22.0 Å². The largest absolute Gasteiger partial charge is 0.360 e. The lowest BCUT2D eigenvalue weighted by Crippen LogP contribution is -2.36. The van der Waals surface area contributed by atoms with E-state index in [9.17, 15) is 4.79 Å². The lowest BCUT2D eigenvalue weighted by Gasteiger charge is -2.24. The maximum atomic E-state index is 12.9.